The Morgan fingerprint density at radius 2 is 1.83 bits per heavy atom. The van der Waals surface area contributed by atoms with E-state index in [4.69, 9.17) is 4.74 Å². The van der Waals surface area contributed by atoms with Crippen molar-refractivity contribution in [2.75, 3.05) is 33.9 Å². The van der Waals surface area contributed by atoms with E-state index in [0.29, 0.717) is 44.0 Å². The average Bonchev–Trinajstić information content (AvgIpc) is 2.71. The minimum Gasteiger partial charge on any atom is -0.379 e. The molecule has 1 aromatic heterocycles. The Bertz CT molecular complexity index is 1070. The SMILES string of the molecule is CN(C)C(=O)c1c2c(cn(-c3ccc(F)cc3)c1=O)CN(C(=O)C1(C)COC1)CC2. The van der Waals surface area contributed by atoms with Crippen LogP contribution in [0.5, 0.6) is 0 Å². The number of rotatable bonds is 3. The fourth-order valence-electron chi connectivity index (χ4n) is 3.98. The lowest BCUT2D eigenvalue weighted by Gasteiger charge is -2.42. The van der Waals surface area contributed by atoms with E-state index >= 15 is 0 Å². The largest absolute Gasteiger partial charge is 0.379 e. The van der Waals surface area contributed by atoms with Crippen molar-refractivity contribution in [3.05, 3.63) is 63.3 Å². The van der Waals surface area contributed by atoms with E-state index in [-0.39, 0.29) is 17.4 Å². The number of amides is 2. The number of carbonyl (C=O) groups excluding carboxylic acids is 2. The van der Waals surface area contributed by atoms with Crippen LogP contribution in [0.1, 0.15) is 28.4 Å². The molecular formula is C22H24FN3O4. The van der Waals surface area contributed by atoms with Crippen molar-refractivity contribution in [1.82, 2.24) is 14.4 Å². The summed E-state index contributed by atoms with van der Waals surface area (Å²) in [6, 6.07) is 5.51. The predicted octanol–water partition coefficient (Wildman–Crippen LogP) is 1.60. The van der Waals surface area contributed by atoms with Crippen LogP contribution in [0.15, 0.2) is 35.3 Å². The predicted molar refractivity (Wildman–Crippen MR) is 108 cm³/mol. The highest BCUT2D eigenvalue weighted by atomic mass is 19.1. The first-order chi connectivity index (χ1) is 14.2. The topological polar surface area (TPSA) is 71.9 Å². The van der Waals surface area contributed by atoms with Crippen LogP contribution in [0.3, 0.4) is 0 Å². The number of benzene rings is 1. The zero-order valence-electron chi connectivity index (χ0n) is 17.3. The van der Waals surface area contributed by atoms with Gasteiger partial charge in [0.15, 0.2) is 0 Å². The Labute approximate surface area is 173 Å². The molecule has 3 heterocycles. The van der Waals surface area contributed by atoms with Crippen LogP contribution < -0.4 is 5.56 Å². The molecule has 1 fully saturated rings. The molecule has 2 aromatic rings. The van der Waals surface area contributed by atoms with Crippen molar-refractivity contribution in [2.24, 2.45) is 5.41 Å². The molecule has 7 nitrogen and oxygen atoms in total. The van der Waals surface area contributed by atoms with Crippen molar-refractivity contribution in [2.45, 2.75) is 19.9 Å². The number of hydrogen-bond donors (Lipinski definition) is 0. The zero-order valence-corrected chi connectivity index (χ0v) is 17.3. The third-order valence-electron chi connectivity index (χ3n) is 5.77. The van der Waals surface area contributed by atoms with Gasteiger partial charge in [-0.1, -0.05) is 0 Å². The second-order valence-corrected chi connectivity index (χ2v) is 8.39. The fraction of sp³-hybridized carbons (Fsp3) is 0.409. The summed E-state index contributed by atoms with van der Waals surface area (Å²) in [5.74, 6) is -0.784. The molecule has 0 bridgehead atoms. The minimum atomic E-state index is -0.523. The second-order valence-electron chi connectivity index (χ2n) is 8.39. The number of hydrogen-bond acceptors (Lipinski definition) is 4. The third-order valence-corrected chi connectivity index (χ3v) is 5.77. The van der Waals surface area contributed by atoms with Gasteiger partial charge in [0, 0.05) is 39.1 Å². The summed E-state index contributed by atoms with van der Waals surface area (Å²) in [5, 5.41) is 0. The van der Waals surface area contributed by atoms with Crippen molar-refractivity contribution in [1.29, 1.82) is 0 Å². The number of carbonyl (C=O) groups is 2. The molecule has 2 aliphatic rings. The van der Waals surface area contributed by atoms with Crippen LogP contribution in [-0.2, 0) is 22.5 Å². The van der Waals surface area contributed by atoms with E-state index in [0.717, 1.165) is 5.56 Å². The maximum atomic E-state index is 13.4. The molecule has 158 valence electrons. The van der Waals surface area contributed by atoms with Gasteiger partial charge in [0.25, 0.3) is 11.5 Å². The van der Waals surface area contributed by atoms with Crippen LogP contribution in [0.4, 0.5) is 4.39 Å². The van der Waals surface area contributed by atoms with Crippen LogP contribution in [0, 0.1) is 11.2 Å². The zero-order chi connectivity index (χ0) is 21.6. The van der Waals surface area contributed by atoms with Crippen LogP contribution in [0.25, 0.3) is 5.69 Å². The van der Waals surface area contributed by atoms with Gasteiger partial charge in [0.1, 0.15) is 11.4 Å². The Morgan fingerprint density at radius 1 is 1.17 bits per heavy atom. The van der Waals surface area contributed by atoms with Crippen LogP contribution in [0.2, 0.25) is 0 Å². The van der Waals surface area contributed by atoms with Crippen molar-refractivity contribution in [3.8, 4) is 5.69 Å². The van der Waals surface area contributed by atoms with Gasteiger partial charge in [-0.05, 0) is 48.7 Å². The molecule has 0 radical (unpaired) electrons. The quantitative estimate of drug-likeness (QED) is 0.766. The number of pyridine rings is 1. The summed E-state index contributed by atoms with van der Waals surface area (Å²) in [5.41, 5.74) is 1.01. The molecule has 4 rings (SSSR count). The molecule has 0 spiro atoms. The summed E-state index contributed by atoms with van der Waals surface area (Å²) >= 11 is 0. The molecule has 1 aromatic carbocycles. The first-order valence-corrected chi connectivity index (χ1v) is 9.83. The van der Waals surface area contributed by atoms with Gasteiger partial charge in [-0.2, -0.15) is 0 Å². The Morgan fingerprint density at radius 3 is 2.40 bits per heavy atom. The van der Waals surface area contributed by atoms with Gasteiger partial charge in [-0.3, -0.25) is 19.0 Å². The van der Waals surface area contributed by atoms with Gasteiger partial charge in [-0.15, -0.1) is 0 Å². The van der Waals surface area contributed by atoms with Gasteiger partial charge in [0.05, 0.1) is 18.6 Å². The molecule has 8 heteroatoms. The smallest absolute Gasteiger partial charge is 0.268 e. The fourth-order valence-corrected chi connectivity index (χ4v) is 3.98. The molecule has 30 heavy (non-hydrogen) atoms. The minimum absolute atomic E-state index is 0.0134. The molecule has 0 N–H and O–H groups in total. The maximum Gasteiger partial charge on any atom is 0.268 e. The number of fused-ring (bicyclic) bond motifs is 1. The van der Waals surface area contributed by atoms with Crippen molar-refractivity contribution < 1.29 is 18.7 Å². The lowest BCUT2D eigenvalue weighted by atomic mass is 9.85. The monoisotopic (exact) mass is 413 g/mol. The molecule has 0 atom stereocenters. The molecule has 2 amide bonds. The highest BCUT2D eigenvalue weighted by Gasteiger charge is 2.44. The van der Waals surface area contributed by atoms with Crippen LogP contribution >= 0.6 is 0 Å². The van der Waals surface area contributed by atoms with E-state index < -0.39 is 16.8 Å². The first kappa shape index (κ1) is 20.3. The van der Waals surface area contributed by atoms with Crippen molar-refractivity contribution in [3.63, 3.8) is 0 Å². The first-order valence-electron chi connectivity index (χ1n) is 9.83. The Balaban J connectivity index is 1.81. The van der Waals surface area contributed by atoms with Crippen molar-refractivity contribution >= 4 is 11.8 Å². The normalized spacial score (nSPS) is 17.1. The standard InChI is InChI=1S/C22H24FN3O4/c1-22(12-30-13-22)21(29)25-9-8-17-14(10-25)11-26(16-6-4-15(23)5-7-16)20(28)18(17)19(27)24(2)3/h4-7,11H,8-10,12-13H2,1-3H3. The number of nitrogens with zero attached hydrogens (tertiary/aromatic N) is 3. The molecular weight excluding hydrogens is 389 g/mol. The van der Waals surface area contributed by atoms with Gasteiger partial charge >= 0.3 is 0 Å². The van der Waals surface area contributed by atoms with Gasteiger partial charge in [0.2, 0.25) is 5.91 Å². The van der Waals surface area contributed by atoms with Crippen LogP contribution in [-0.4, -0.2) is 60.0 Å². The lowest BCUT2D eigenvalue weighted by Crippen LogP contribution is -2.54. The van der Waals surface area contributed by atoms with Gasteiger partial charge in [-0.25, -0.2) is 4.39 Å². The maximum absolute atomic E-state index is 13.4. The Kier molecular flexibility index (Phi) is 4.97. The number of ether oxygens (including phenoxy) is 1. The third kappa shape index (κ3) is 3.31. The molecule has 0 saturated carbocycles. The van der Waals surface area contributed by atoms with E-state index in [1.54, 1.807) is 25.2 Å². The number of halogens is 1. The molecule has 1 saturated heterocycles. The summed E-state index contributed by atoms with van der Waals surface area (Å²) in [6.07, 6.45) is 2.09. The summed E-state index contributed by atoms with van der Waals surface area (Å²) in [7, 11) is 3.19. The summed E-state index contributed by atoms with van der Waals surface area (Å²) in [4.78, 5) is 42.2. The highest BCUT2D eigenvalue weighted by Crippen LogP contribution is 2.32. The highest BCUT2D eigenvalue weighted by molar-refractivity contribution is 5.95. The average molecular weight is 413 g/mol. The lowest BCUT2D eigenvalue weighted by molar-refractivity contribution is -0.169. The second kappa shape index (κ2) is 7.36. The van der Waals surface area contributed by atoms with E-state index in [2.05, 4.69) is 0 Å². The number of aromatic nitrogens is 1. The van der Waals surface area contributed by atoms with E-state index in [1.807, 2.05) is 6.92 Å². The van der Waals surface area contributed by atoms with Gasteiger partial charge < -0.3 is 14.5 Å². The molecule has 0 aliphatic carbocycles. The van der Waals surface area contributed by atoms with E-state index in [9.17, 15) is 18.8 Å². The Hall–Kier alpha value is -3.00. The molecule has 0 unspecified atom stereocenters. The molecule has 2 aliphatic heterocycles. The summed E-state index contributed by atoms with van der Waals surface area (Å²) in [6.45, 7) is 3.42. The van der Waals surface area contributed by atoms with E-state index in [1.165, 1.54) is 33.7 Å². The summed E-state index contributed by atoms with van der Waals surface area (Å²) < 4.78 is 20.0.